The number of nitrogens with zero attached hydrogens (tertiary/aromatic N) is 4. The molecule has 0 unspecified atom stereocenters. The Labute approximate surface area is 662 Å². The molecule has 0 spiro atoms. The molecule has 7 N–H and O–H groups in total. The van der Waals surface area contributed by atoms with E-state index in [4.69, 9.17) is 44.6 Å². The van der Waals surface area contributed by atoms with Crippen molar-refractivity contribution in [3.63, 3.8) is 0 Å². The van der Waals surface area contributed by atoms with Gasteiger partial charge in [0.1, 0.15) is 18.2 Å². The second-order valence-electron chi connectivity index (χ2n) is 31.7. The smallest absolute Gasteiger partial charge is 0.138 e. The third-order valence-corrected chi connectivity index (χ3v) is 19.3. The topological polar surface area (TPSA) is 191 Å². The van der Waals surface area contributed by atoms with Gasteiger partial charge in [0, 0.05) is 86.1 Å². The summed E-state index contributed by atoms with van der Waals surface area (Å²) < 4.78 is 27.0. The molecule has 0 radical (unpaired) electrons. The van der Waals surface area contributed by atoms with Crippen molar-refractivity contribution < 1.29 is 44.1 Å². The number of methoxy groups -OCH3 is 2. The Balaban J connectivity index is 0.000000359. The van der Waals surface area contributed by atoms with Crippen LogP contribution in [0.5, 0.6) is 5.75 Å². The molecule has 15 nitrogen and oxygen atoms in total. The van der Waals surface area contributed by atoms with Gasteiger partial charge in [-0.05, 0) is 90.9 Å². The van der Waals surface area contributed by atoms with E-state index < -0.39 is 0 Å². The van der Waals surface area contributed by atoms with E-state index in [-0.39, 0.29) is 42.7 Å². The maximum absolute atomic E-state index is 9.37. The number of aliphatic hydroxyl groups is 4. The van der Waals surface area contributed by atoms with Crippen molar-refractivity contribution in [2.24, 2.45) is 0 Å². The number of unbranched alkanes of at least 4 members (excludes halogenated alkanes) is 15. The largest absolute Gasteiger partial charge is 0.490 e. The van der Waals surface area contributed by atoms with Gasteiger partial charge in [-0.2, -0.15) is 0 Å². The summed E-state index contributed by atoms with van der Waals surface area (Å²) >= 11 is 0. The summed E-state index contributed by atoms with van der Waals surface area (Å²) in [5.41, 5.74) is 20.6. The third kappa shape index (κ3) is 40.5. The molecule has 1 aromatic heterocycles. The minimum Gasteiger partial charge on any atom is -0.490 e. The number of aryl methyl sites for hydroxylation is 1. The quantitative estimate of drug-likeness (QED) is 0.0156. The molecule has 109 heavy (non-hydrogen) atoms. The van der Waals surface area contributed by atoms with E-state index in [1.807, 2.05) is 90.7 Å². The van der Waals surface area contributed by atoms with Crippen molar-refractivity contribution in [2.75, 3.05) is 137 Å². The highest BCUT2D eigenvalue weighted by atomic mass is 16.5. The highest BCUT2D eigenvalue weighted by molar-refractivity contribution is 5.81. The summed E-state index contributed by atoms with van der Waals surface area (Å²) in [7, 11) is 3.39. The molecular formula is C94H150N6O9. The van der Waals surface area contributed by atoms with Crippen molar-refractivity contribution in [1.29, 1.82) is 0 Å². The number of anilines is 2. The van der Waals surface area contributed by atoms with Gasteiger partial charge in [-0.1, -0.05) is 318 Å². The minimum absolute atomic E-state index is 0.0747. The SMILES string of the molecule is CC(C)(C)c1cc(C(C)(C)C)c(N)c(C(C)(C)C)c1.CCCCCCCCN(CCCCCCCC)CCCCCCCC.COCCN(CCOC)CCOCCOCCOc1c(CO)cccc1CO.Cc1ccc(N(CCO)CCO)cc1.c1ccc(-c2nc(-c3ccccc3)c(-c3ccccc3)[nH]2)cc1. The predicted molar refractivity (Wildman–Crippen MR) is 462 cm³/mol. The Kier molecular flexibility index (Phi) is 51.1. The van der Waals surface area contributed by atoms with Crippen LogP contribution < -0.4 is 15.4 Å². The Morgan fingerprint density at radius 2 is 0.807 bits per heavy atom. The van der Waals surface area contributed by atoms with Crippen LogP contribution in [0.2, 0.25) is 0 Å². The van der Waals surface area contributed by atoms with Crippen LogP contribution in [0.15, 0.2) is 146 Å². The number of benzene rings is 6. The number of ether oxygens (including phenoxy) is 5. The van der Waals surface area contributed by atoms with Crippen molar-refractivity contribution in [1.82, 2.24) is 19.8 Å². The number of rotatable bonds is 47. The summed E-state index contributed by atoms with van der Waals surface area (Å²) in [6.07, 6.45) is 25.7. The number of aliphatic hydroxyl groups excluding tert-OH is 4. The number of H-pyrrole nitrogens is 1. The number of nitrogen functional groups attached to an aromatic ring is 1. The molecule has 7 aromatic rings. The van der Waals surface area contributed by atoms with E-state index in [0.717, 1.165) is 64.9 Å². The summed E-state index contributed by atoms with van der Waals surface area (Å²) in [5.74, 6) is 1.42. The summed E-state index contributed by atoms with van der Waals surface area (Å²) in [6, 6.07) is 48.8. The molecule has 610 valence electrons. The van der Waals surface area contributed by atoms with Crippen LogP contribution in [-0.4, -0.2) is 166 Å². The van der Waals surface area contributed by atoms with Crippen LogP contribution in [0.4, 0.5) is 11.4 Å². The summed E-state index contributed by atoms with van der Waals surface area (Å²) in [5, 5.41) is 36.5. The number of nitrogens with two attached hydrogens (primary N) is 1. The van der Waals surface area contributed by atoms with Crippen LogP contribution in [0.1, 0.15) is 232 Å². The molecule has 0 fully saturated rings. The molecule has 0 bridgehead atoms. The lowest BCUT2D eigenvalue weighted by molar-refractivity contribution is 0.0241. The van der Waals surface area contributed by atoms with Crippen LogP contribution in [0.25, 0.3) is 33.9 Å². The Morgan fingerprint density at radius 3 is 1.22 bits per heavy atom. The fraction of sp³-hybridized carbons (Fsp3) is 0.585. The van der Waals surface area contributed by atoms with Crippen LogP contribution in [-0.2, 0) is 48.4 Å². The lowest BCUT2D eigenvalue weighted by Gasteiger charge is -2.32. The first-order chi connectivity index (χ1) is 52.5. The Hall–Kier alpha value is -6.47. The van der Waals surface area contributed by atoms with Crippen molar-refractivity contribution in [3.05, 3.63) is 179 Å². The number of hydrogen-bond donors (Lipinski definition) is 6. The van der Waals surface area contributed by atoms with E-state index in [1.165, 1.54) is 157 Å². The van der Waals surface area contributed by atoms with E-state index in [1.54, 1.807) is 32.4 Å². The zero-order chi connectivity index (χ0) is 80.0. The standard InChI is InChI=1S/C24H51N.C21H16N2.C20H35NO7.C18H31N.C11H17NO2/c1-4-7-10-13-16-19-22-25(23-20-17-14-11-8-5-2)24-21-18-15-12-9-6-3;1-4-10-16(11-5-1)19-20(17-12-6-2-7-13-17)23-21(22-19)18-14-8-3-9-15-18;1-24-9-6-21(7-10-25-2)8-11-26-12-13-27-14-15-28-20-18(16-22)4-3-5-19(20)17-23;1-16(2,3)12-10-13(17(4,5)6)15(19)14(11-12)18(7,8)9;1-10-2-4-11(5-3-10)12(6-8-13)7-9-14/h4-24H2,1-3H3;1-15H,(H,22,23);3-5,22-23H,6-17H2,1-2H3;10-11H,19H2,1-9H3;2-5,13-14H,6-9H2,1H3. The Morgan fingerprint density at radius 1 is 0.413 bits per heavy atom. The molecule has 0 atom stereocenters. The average molecular weight is 1510 g/mol. The van der Waals surface area contributed by atoms with Crippen molar-refractivity contribution >= 4 is 11.4 Å². The van der Waals surface area contributed by atoms with Gasteiger partial charge in [-0.15, -0.1) is 0 Å². The number of imidazole rings is 1. The first kappa shape index (κ1) is 96.7. The number of nitrogens with one attached hydrogen (secondary N) is 1. The molecule has 6 aromatic carbocycles. The van der Waals surface area contributed by atoms with Gasteiger partial charge >= 0.3 is 0 Å². The fourth-order valence-electron chi connectivity index (χ4n) is 12.7. The zero-order valence-corrected chi connectivity index (χ0v) is 70.7. The average Bonchev–Trinajstić information content (AvgIpc) is 1.50. The molecule has 0 saturated carbocycles. The first-order valence-corrected chi connectivity index (χ1v) is 41.3. The van der Waals surface area contributed by atoms with Crippen molar-refractivity contribution in [3.8, 4) is 39.7 Å². The fourth-order valence-corrected chi connectivity index (χ4v) is 12.7. The molecule has 15 heteroatoms. The highest BCUT2D eigenvalue weighted by Crippen LogP contribution is 2.40. The lowest BCUT2D eigenvalue weighted by Crippen LogP contribution is -2.33. The predicted octanol–water partition coefficient (Wildman–Crippen LogP) is 20.4. The first-order valence-electron chi connectivity index (χ1n) is 41.3. The van der Waals surface area contributed by atoms with Gasteiger partial charge in [0.2, 0.25) is 0 Å². The molecule has 0 aliphatic rings. The zero-order valence-electron chi connectivity index (χ0n) is 70.7. The van der Waals surface area contributed by atoms with Gasteiger partial charge in [-0.3, -0.25) is 4.90 Å². The molecule has 1 heterocycles. The van der Waals surface area contributed by atoms with E-state index >= 15 is 0 Å². The van der Waals surface area contributed by atoms with Gasteiger partial charge in [-0.25, -0.2) is 4.98 Å². The van der Waals surface area contributed by atoms with Gasteiger partial charge in [0.25, 0.3) is 0 Å². The van der Waals surface area contributed by atoms with Gasteiger partial charge < -0.3 is 64.6 Å². The maximum atomic E-state index is 9.37. The molecular weight excluding hydrogens is 1360 g/mol. The number of aromatic amines is 1. The van der Waals surface area contributed by atoms with Gasteiger partial charge in [0.15, 0.2) is 0 Å². The highest BCUT2D eigenvalue weighted by Gasteiger charge is 2.28. The molecule has 0 saturated heterocycles. The second kappa shape index (κ2) is 57.5. The molecule has 0 amide bonds. The minimum atomic E-state index is -0.135. The Bertz CT molecular complexity index is 3160. The number of hydrogen-bond acceptors (Lipinski definition) is 14. The van der Waals surface area contributed by atoms with Crippen LogP contribution in [0.3, 0.4) is 0 Å². The summed E-state index contributed by atoms with van der Waals surface area (Å²) in [4.78, 5) is 15.4. The number of aromatic nitrogens is 2. The van der Waals surface area contributed by atoms with E-state index in [2.05, 4.69) is 146 Å². The molecule has 0 aliphatic heterocycles. The van der Waals surface area contributed by atoms with Crippen LogP contribution >= 0.6 is 0 Å². The van der Waals surface area contributed by atoms with E-state index in [9.17, 15) is 10.2 Å². The number of para-hydroxylation sites is 1. The van der Waals surface area contributed by atoms with Crippen LogP contribution in [0, 0.1) is 6.92 Å². The van der Waals surface area contributed by atoms with Crippen molar-refractivity contribution in [2.45, 2.75) is 235 Å². The monoisotopic (exact) mass is 1510 g/mol. The molecule has 7 rings (SSSR count). The normalized spacial score (nSPS) is 11.5. The molecule has 0 aliphatic carbocycles. The summed E-state index contributed by atoms with van der Waals surface area (Å²) in [6.45, 7) is 40.5. The third-order valence-electron chi connectivity index (χ3n) is 19.3. The van der Waals surface area contributed by atoms with E-state index in [0.29, 0.717) is 76.2 Å². The lowest BCUT2D eigenvalue weighted by atomic mass is 9.74. The maximum Gasteiger partial charge on any atom is 0.138 e. The van der Waals surface area contributed by atoms with Gasteiger partial charge in [0.05, 0.1) is 77.5 Å². The second-order valence-corrected chi connectivity index (χ2v) is 31.7.